The van der Waals surface area contributed by atoms with E-state index in [1.807, 2.05) is 0 Å². The Morgan fingerprint density at radius 3 is 2.27 bits per heavy atom. The van der Waals surface area contributed by atoms with Crippen LogP contribution < -0.4 is 4.72 Å². The van der Waals surface area contributed by atoms with Crippen molar-refractivity contribution in [3.05, 3.63) is 87.7 Å². The van der Waals surface area contributed by atoms with Gasteiger partial charge in [0.15, 0.2) is 5.78 Å². The fourth-order valence-corrected chi connectivity index (χ4v) is 4.04. The largest absolute Gasteiger partial charge is 0.417 e. The molecule has 1 N–H and O–H groups in total. The van der Waals surface area contributed by atoms with Crippen molar-refractivity contribution >= 4 is 44.7 Å². The molecule has 30 heavy (non-hydrogen) atoms. The van der Waals surface area contributed by atoms with Crippen LogP contribution in [0.1, 0.15) is 21.5 Å². The van der Waals surface area contributed by atoms with Crippen LogP contribution in [0.2, 0.25) is 10.0 Å². The molecule has 0 fully saturated rings. The molecule has 0 aliphatic carbocycles. The molecule has 0 saturated heterocycles. The number of nitrogens with zero attached hydrogens (tertiary/aromatic N) is 1. The van der Waals surface area contributed by atoms with Gasteiger partial charge in [0.05, 0.1) is 21.2 Å². The summed E-state index contributed by atoms with van der Waals surface area (Å²) in [7, 11) is -4.50. The van der Waals surface area contributed by atoms with E-state index in [1.54, 1.807) is 0 Å². The van der Waals surface area contributed by atoms with Gasteiger partial charge in [-0.3, -0.25) is 14.5 Å². The van der Waals surface area contributed by atoms with E-state index in [2.05, 4.69) is 9.71 Å². The van der Waals surface area contributed by atoms with Crippen LogP contribution in [0.4, 0.5) is 18.9 Å². The third-order valence-electron chi connectivity index (χ3n) is 3.97. The summed E-state index contributed by atoms with van der Waals surface area (Å²) in [4.78, 5) is 15.9. The highest BCUT2D eigenvalue weighted by Crippen LogP contribution is 2.36. The predicted octanol–water partition coefficient (Wildman–Crippen LogP) is 5.44. The Morgan fingerprint density at radius 2 is 1.63 bits per heavy atom. The number of alkyl halides is 3. The van der Waals surface area contributed by atoms with Crippen molar-refractivity contribution in [2.24, 2.45) is 0 Å². The predicted molar refractivity (Wildman–Crippen MR) is 106 cm³/mol. The first-order valence-electron chi connectivity index (χ1n) is 8.13. The second-order valence-corrected chi connectivity index (χ2v) is 8.53. The van der Waals surface area contributed by atoms with Gasteiger partial charge in [0, 0.05) is 28.5 Å². The average Bonchev–Trinajstić information content (AvgIpc) is 2.67. The van der Waals surface area contributed by atoms with Gasteiger partial charge in [-0.05, 0) is 48.5 Å². The Bertz CT molecular complexity index is 1220. The fraction of sp³-hybridized carbons (Fsp3) is 0.0526. The lowest BCUT2D eigenvalue weighted by Crippen LogP contribution is -2.17. The molecule has 0 bridgehead atoms. The lowest BCUT2D eigenvalue weighted by molar-refractivity contribution is -0.137. The molecule has 0 saturated carbocycles. The summed E-state index contributed by atoms with van der Waals surface area (Å²) >= 11 is 11.5. The van der Waals surface area contributed by atoms with E-state index in [4.69, 9.17) is 23.2 Å². The number of carbonyl (C=O) groups is 1. The summed E-state index contributed by atoms with van der Waals surface area (Å²) in [6.07, 6.45) is -2.07. The van der Waals surface area contributed by atoms with Crippen LogP contribution in [-0.2, 0) is 16.2 Å². The molecule has 0 aliphatic heterocycles. The van der Waals surface area contributed by atoms with E-state index in [9.17, 15) is 26.4 Å². The van der Waals surface area contributed by atoms with Crippen LogP contribution >= 0.6 is 23.2 Å². The van der Waals surface area contributed by atoms with Gasteiger partial charge in [-0.1, -0.05) is 23.2 Å². The number of carbonyl (C=O) groups excluding carboxylic acids is 1. The molecule has 3 rings (SSSR count). The summed E-state index contributed by atoms with van der Waals surface area (Å²) in [5, 5.41) is -0.524. The van der Waals surface area contributed by atoms with Gasteiger partial charge >= 0.3 is 6.18 Å². The molecule has 0 radical (unpaired) electrons. The van der Waals surface area contributed by atoms with Crippen molar-refractivity contribution in [3.63, 3.8) is 0 Å². The number of ketones is 1. The number of hydrogen-bond acceptors (Lipinski definition) is 4. The van der Waals surface area contributed by atoms with Crippen molar-refractivity contribution in [1.29, 1.82) is 0 Å². The summed E-state index contributed by atoms with van der Waals surface area (Å²) in [6, 6.07) is 8.93. The second kappa shape index (κ2) is 8.25. The van der Waals surface area contributed by atoms with E-state index in [0.717, 1.165) is 12.1 Å². The second-order valence-electron chi connectivity index (χ2n) is 6.00. The van der Waals surface area contributed by atoms with Crippen molar-refractivity contribution in [2.75, 3.05) is 4.72 Å². The summed E-state index contributed by atoms with van der Waals surface area (Å²) < 4.78 is 66.9. The van der Waals surface area contributed by atoms with Gasteiger partial charge in [0.1, 0.15) is 0 Å². The molecular formula is C19H11Cl2F3N2O3S. The highest BCUT2D eigenvalue weighted by atomic mass is 35.5. The minimum absolute atomic E-state index is 0.0424. The number of nitrogens with one attached hydrogen (secondary N) is 1. The Morgan fingerprint density at radius 1 is 0.967 bits per heavy atom. The van der Waals surface area contributed by atoms with Crippen molar-refractivity contribution in [1.82, 2.24) is 4.98 Å². The van der Waals surface area contributed by atoms with Gasteiger partial charge in [-0.15, -0.1) is 0 Å². The Kier molecular flexibility index (Phi) is 6.07. The van der Waals surface area contributed by atoms with Crippen molar-refractivity contribution in [2.45, 2.75) is 11.1 Å². The molecule has 1 aromatic heterocycles. The average molecular weight is 475 g/mol. The van der Waals surface area contributed by atoms with E-state index >= 15 is 0 Å². The number of halogens is 5. The van der Waals surface area contributed by atoms with Crippen LogP contribution in [-0.4, -0.2) is 19.2 Å². The maximum Gasteiger partial charge on any atom is 0.417 e. The number of hydrogen-bond donors (Lipinski definition) is 1. The molecule has 5 nitrogen and oxygen atoms in total. The normalized spacial score (nSPS) is 11.9. The van der Waals surface area contributed by atoms with Crippen molar-refractivity contribution < 1.29 is 26.4 Å². The molecule has 11 heteroatoms. The minimum atomic E-state index is -4.85. The third-order valence-corrected chi connectivity index (χ3v) is 5.89. The van der Waals surface area contributed by atoms with E-state index in [1.165, 1.54) is 42.7 Å². The van der Waals surface area contributed by atoms with Gasteiger partial charge in [-0.2, -0.15) is 13.2 Å². The summed E-state index contributed by atoms with van der Waals surface area (Å²) in [5.41, 5.74) is -1.29. The SMILES string of the molecule is O=C(c1ccncc1)c1ccc(Cl)cc1NS(=O)(=O)c1ccc(Cl)c(C(F)(F)F)c1. The molecule has 0 spiro atoms. The number of aromatic nitrogens is 1. The van der Waals surface area contributed by atoms with Gasteiger partial charge in [-0.25, -0.2) is 8.42 Å². The Balaban J connectivity index is 2.04. The first-order chi connectivity index (χ1) is 14.0. The molecular weight excluding hydrogens is 464 g/mol. The van der Waals surface area contributed by atoms with E-state index in [0.29, 0.717) is 6.07 Å². The smallest absolute Gasteiger partial charge is 0.289 e. The zero-order valence-electron chi connectivity index (χ0n) is 14.7. The number of rotatable bonds is 5. The maximum absolute atomic E-state index is 13.1. The van der Waals surface area contributed by atoms with Crippen LogP contribution in [0, 0.1) is 0 Å². The zero-order chi connectivity index (χ0) is 22.1. The van der Waals surface area contributed by atoms with Crippen LogP contribution in [0.5, 0.6) is 0 Å². The summed E-state index contributed by atoms with van der Waals surface area (Å²) in [5.74, 6) is -0.529. The van der Waals surface area contributed by atoms with Crippen LogP contribution in [0.25, 0.3) is 0 Å². The standard InChI is InChI=1S/C19H11Cl2F3N2O3S/c20-12-1-3-14(18(27)11-5-7-25-8-6-11)17(9-12)26-30(28,29)13-2-4-16(21)15(10-13)19(22,23)24/h1-10,26H. The highest BCUT2D eigenvalue weighted by Gasteiger charge is 2.34. The molecule has 2 aromatic carbocycles. The first kappa shape index (κ1) is 22.1. The summed E-state index contributed by atoms with van der Waals surface area (Å²) in [6.45, 7) is 0. The Labute approximate surface area is 179 Å². The molecule has 1 heterocycles. The quantitative estimate of drug-likeness (QED) is 0.499. The molecule has 0 atom stereocenters. The van der Waals surface area contributed by atoms with Gasteiger partial charge in [0.2, 0.25) is 0 Å². The molecule has 0 aliphatic rings. The third kappa shape index (κ3) is 4.75. The molecule has 156 valence electrons. The highest BCUT2D eigenvalue weighted by molar-refractivity contribution is 7.92. The van der Waals surface area contributed by atoms with Crippen LogP contribution in [0.15, 0.2) is 65.8 Å². The number of pyridine rings is 1. The van der Waals surface area contributed by atoms with Crippen molar-refractivity contribution in [3.8, 4) is 0 Å². The minimum Gasteiger partial charge on any atom is -0.289 e. The lowest BCUT2D eigenvalue weighted by atomic mass is 10.0. The topological polar surface area (TPSA) is 76.1 Å². The molecule has 0 unspecified atom stereocenters. The van der Waals surface area contributed by atoms with E-state index < -0.39 is 37.5 Å². The molecule has 0 amide bonds. The number of benzene rings is 2. The maximum atomic E-state index is 13.1. The van der Waals surface area contributed by atoms with Gasteiger partial charge < -0.3 is 0 Å². The Hall–Kier alpha value is -2.62. The van der Waals surface area contributed by atoms with E-state index in [-0.39, 0.29) is 21.8 Å². The van der Waals surface area contributed by atoms with Crippen LogP contribution in [0.3, 0.4) is 0 Å². The number of sulfonamides is 1. The molecule has 3 aromatic rings. The lowest BCUT2D eigenvalue weighted by Gasteiger charge is -2.15. The zero-order valence-corrected chi connectivity index (χ0v) is 17.1. The van der Waals surface area contributed by atoms with Gasteiger partial charge in [0.25, 0.3) is 10.0 Å². The monoisotopic (exact) mass is 474 g/mol. The first-order valence-corrected chi connectivity index (χ1v) is 10.4. The fourth-order valence-electron chi connectivity index (χ4n) is 2.55. The number of anilines is 1.